The Morgan fingerprint density at radius 3 is 1.83 bits per heavy atom. The van der Waals surface area contributed by atoms with Gasteiger partial charge in [0.1, 0.15) is 5.60 Å². The van der Waals surface area contributed by atoms with Crippen molar-refractivity contribution in [3.05, 3.63) is 0 Å². The minimum atomic E-state index is -2.78. The molecule has 0 fully saturated rings. The van der Waals surface area contributed by atoms with Crippen molar-refractivity contribution in [3.8, 4) is 0 Å². The molecule has 6 nitrogen and oxygen atoms in total. The zero-order valence-corrected chi connectivity index (χ0v) is 17.6. The summed E-state index contributed by atoms with van der Waals surface area (Å²) in [6.45, 7) is 12.6. The predicted molar refractivity (Wildman–Crippen MR) is 98.0 cm³/mol. The molecule has 8 heteroatoms. The van der Waals surface area contributed by atoms with Crippen molar-refractivity contribution >= 4 is 31.7 Å². The highest BCUT2D eigenvalue weighted by molar-refractivity contribution is 8.13. The van der Waals surface area contributed by atoms with Crippen LogP contribution >= 0.6 is 11.8 Å². The SMILES string of the molecule is CCO[Si](CCC(=O)SCCC(=O)OC(C)(C)C)(OCC)OCC. The van der Waals surface area contributed by atoms with Gasteiger partial charge in [0.2, 0.25) is 0 Å². The molecular weight excluding hydrogens is 348 g/mol. The second-order valence-electron chi connectivity index (χ2n) is 6.04. The molecule has 24 heavy (non-hydrogen) atoms. The molecule has 0 unspecified atom stereocenters. The molecule has 0 bridgehead atoms. The third-order valence-electron chi connectivity index (χ3n) is 2.72. The molecule has 0 radical (unpaired) electrons. The quantitative estimate of drug-likeness (QED) is 0.379. The third-order valence-corrected chi connectivity index (χ3v) is 6.70. The van der Waals surface area contributed by atoms with Crippen molar-refractivity contribution in [1.82, 2.24) is 0 Å². The molecule has 0 aromatic rings. The summed E-state index contributed by atoms with van der Waals surface area (Å²) in [5.74, 6) is 0.129. The van der Waals surface area contributed by atoms with Crippen LogP contribution in [0.5, 0.6) is 0 Å². The Morgan fingerprint density at radius 1 is 0.917 bits per heavy atom. The first-order valence-electron chi connectivity index (χ1n) is 8.47. The molecule has 0 aromatic carbocycles. The van der Waals surface area contributed by atoms with Crippen LogP contribution in [0.2, 0.25) is 6.04 Å². The molecule has 0 saturated heterocycles. The van der Waals surface area contributed by atoms with E-state index in [0.29, 0.717) is 38.0 Å². The standard InChI is InChI=1S/C16H32O6SSi/c1-7-19-24(20-8-2,21-9-3)13-11-15(18)23-12-10-14(17)22-16(4,5)6/h7-13H2,1-6H3. The Hall–Kier alpha value is -0.413. The van der Waals surface area contributed by atoms with Crippen molar-refractivity contribution in [3.63, 3.8) is 0 Å². The normalized spacial score (nSPS) is 12.2. The van der Waals surface area contributed by atoms with Crippen LogP contribution in [0.25, 0.3) is 0 Å². The average Bonchev–Trinajstić information content (AvgIpc) is 2.44. The Morgan fingerprint density at radius 2 is 1.42 bits per heavy atom. The van der Waals surface area contributed by atoms with E-state index >= 15 is 0 Å². The van der Waals surface area contributed by atoms with Crippen LogP contribution in [-0.4, -0.2) is 51.1 Å². The highest BCUT2D eigenvalue weighted by Crippen LogP contribution is 2.21. The zero-order chi connectivity index (χ0) is 18.6. The van der Waals surface area contributed by atoms with Gasteiger partial charge in [-0.2, -0.15) is 0 Å². The Balaban J connectivity index is 4.27. The Kier molecular flexibility index (Phi) is 11.8. The molecule has 0 aromatic heterocycles. The van der Waals surface area contributed by atoms with E-state index in [9.17, 15) is 9.59 Å². The summed E-state index contributed by atoms with van der Waals surface area (Å²) in [6, 6.07) is 0.459. The van der Waals surface area contributed by atoms with E-state index < -0.39 is 14.4 Å². The van der Waals surface area contributed by atoms with Crippen molar-refractivity contribution in [1.29, 1.82) is 0 Å². The van der Waals surface area contributed by atoms with Gasteiger partial charge >= 0.3 is 14.8 Å². The summed E-state index contributed by atoms with van der Waals surface area (Å²) in [5, 5.41) is 0.00884. The van der Waals surface area contributed by atoms with E-state index in [2.05, 4.69) is 0 Å². The monoisotopic (exact) mass is 380 g/mol. The number of esters is 1. The summed E-state index contributed by atoms with van der Waals surface area (Å²) in [4.78, 5) is 23.6. The van der Waals surface area contributed by atoms with Gasteiger partial charge in [-0.1, -0.05) is 11.8 Å². The van der Waals surface area contributed by atoms with E-state index in [-0.39, 0.29) is 17.5 Å². The van der Waals surface area contributed by atoms with Crippen LogP contribution in [0.3, 0.4) is 0 Å². The lowest BCUT2D eigenvalue weighted by Gasteiger charge is -2.28. The maximum absolute atomic E-state index is 12.0. The average molecular weight is 381 g/mol. The lowest BCUT2D eigenvalue weighted by molar-refractivity contribution is -0.154. The Bertz CT molecular complexity index is 366. The van der Waals surface area contributed by atoms with Crippen molar-refractivity contribution in [2.45, 2.75) is 66.0 Å². The number of carbonyl (C=O) groups is 2. The number of hydrogen-bond acceptors (Lipinski definition) is 7. The molecular formula is C16H32O6SSi. The number of thioether (sulfide) groups is 1. The highest BCUT2D eigenvalue weighted by Gasteiger charge is 2.40. The maximum atomic E-state index is 12.0. The summed E-state index contributed by atoms with van der Waals surface area (Å²) in [7, 11) is -2.78. The van der Waals surface area contributed by atoms with Crippen molar-refractivity contribution < 1.29 is 27.6 Å². The molecule has 0 rings (SSSR count). The van der Waals surface area contributed by atoms with Gasteiger partial charge in [0.25, 0.3) is 0 Å². The van der Waals surface area contributed by atoms with E-state index in [1.54, 1.807) is 0 Å². The van der Waals surface area contributed by atoms with Gasteiger partial charge in [0.15, 0.2) is 5.12 Å². The number of rotatable bonds is 12. The molecule has 142 valence electrons. The fraction of sp³-hybridized carbons (Fsp3) is 0.875. The van der Waals surface area contributed by atoms with Gasteiger partial charge in [-0.25, -0.2) is 0 Å². The summed E-state index contributed by atoms with van der Waals surface area (Å²) >= 11 is 1.14. The van der Waals surface area contributed by atoms with Crippen LogP contribution in [0, 0.1) is 0 Å². The smallest absolute Gasteiger partial charge is 0.460 e. The number of ether oxygens (including phenoxy) is 1. The molecule has 0 heterocycles. The summed E-state index contributed by atoms with van der Waals surface area (Å²) < 4.78 is 22.4. The molecule has 0 amide bonds. The molecule has 0 atom stereocenters. The van der Waals surface area contributed by atoms with Gasteiger partial charge in [0, 0.05) is 38.0 Å². The second kappa shape index (κ2) is 12.0. The van der Waals surface area contributed by atoms with Crippen LogP contribution in [0.1, 0.15) is 54.4 Å². The molecule has 0 aliphatic heterocycles. The lowest BCUT2D eigenvalue weighted by Crippen LogP contribution is -2.46. The molecule has 0 aliphatic carbocycles. The van der Waals surface area contributed by atoms with Crippen LogP contribution in [0.15, 0.2) is 0 Å². The zero-order valence-electron chi connectivity index (χ0n) is 15.8. The first-order valence-corrected chi connectivity index (χ1v) is 11.4. The van der Waals surface area contributed by atoms with Crippen molar-refractivity contribution in [2.75, 3.05) is 25.6 Å². The molecule has 0 spiro atoms. The lowest BCUT2D eigenvalue weighted by atomic mass is 10.2. The minimum Gasteiger partial charge on any atom is -0.460 e. The van der Waals surface area contributed by atoms with Crippen molar-refractivity contribution in [2.24, 2.45) is 0 Å². The summed E-state index contributed by atoms with van der Waals surface area (Å²) in [5.41, 5.74) is -0.497. The predicted octanol–water partition coefficient (Wildman–Crippen LogP) is 3.42. The van der Waals surface area contributed by atoms with Gasteiger partial charge in [-0.15, -0.1) is 0 Å². The van der Waals surface area contributed by atoms with Crippen LogP contribution < -0.4 is 0 Å². The Labute approximate surface area is 151 Å². The number of hydrogen-bond donors (Lipinski definition) is 0. The van der Waals surface area contributed by atoms with E-state index in [1.807, 2.05) is 41.5 Å². The minimum absolute atomic E-state index is 0.00884. The number of carbonyl (C=O) groups excluding carboxylic acids is 2. The topological polar surface area (TPSA) is 71.1 Å². The second-order valence-corrected chi connectivity index (χ2v) is 9.92. The van der Waals surface area contributed by atoms with E-state index in [1.165, 1.54) is 0 Å². The van der Waals surface area contributed by atoms with Gasteiger partial charge in [0.05, 0.1) is 6.42 Å². The fourth-order valence-corrected chi connectivity index (χ4v) is 5.43. The largest absolute Gasteiger partial charge is 0.501 e. The highest BCUT2D eigenvalue weighted by atomic mass is 32.2. The van der Waals surface area contributed by atoms with Crippen LogP contribution in [-0.2, 0) is 27.6 Å². The summed E-state index contributed by atoms with van der Waals surface area (Å²) in [6.07, 6.45) is 0.532. The maximum Gasteiger partial charge on any atom is 0.501 e. The van der Waals surface area contributed by atoms with Gasteiger partial charge < -0.3 is 18.0 Å². The van der Waals surface area contributed by atoms with Crippen LogP contribution in [0.4, 0.5) is 0 Å². The first-order chi connectivity index (χ1) is 11.2. The molecule has 0 saturated carbocycles. The van der Waals surface area contributed by atoms with Gasteiger partial charge in [-0.05, 0) is 41.5 Å². The van der Waals surface area contributed by atoms with E-state index in [0.717, 1.165) is 11.8 Å². The first kappa shape index (κ1) is 23.6. The molecule has 0 N–H and O–H groups in total. The van der Waals surface area contributed by atoms with E-state index in [4.69, 9.17) is 18.0 Å². The van der Waals surface area contributed by atoms with Gasteiger partial charge in [-0.3, -0.25) is 9.59 Å². The third kappa shape index (κ3) is 11.2. The molecule has 0 aliphatic rings. The fourth-order valence-electron chi connectivity index (χ4n) is 1.97.